The van der Waals surface area contributed by atoms with Crippen molar-refractivity contribution in [2.75, 3.05) is 46.9 Å². The van der Waals surface area contributed by atoms with E-state index in [4.69, 9.17) is 4.74 Å². The van der Waals surface area contributed by atoms with Gasteiger partial charge in [0, 0.05) is 53.0 Å². The predicted octanol–water partition coefficient (Wildman–Crippen LogP) is 1.72. The minimum Gasteiger partial charge on any atom is -0.381 e. The fraction of sp³-hybridized carbons (Fsp3) is 0.684. The molecule has 3 aliphatic rings. The highest BCUT2D eigenvalue weighted by molar-refractivity contribution is 7.86. The lowest BCUT2D eigenvalue weighted by molar-refractivity contribution is 0.0383. The number of rotatable bonds is 4. The molecule has 0 radical (unpaired) electrons. The average Bonchev–Trinajstić information content (AvgIpc) is 3.20. The molecule has 0 N–H and O–H groups in total. The zero-order valence-corrected chi connectivity index (χ0v) is 16.7. The third-order valence-corrected chi connectivity index (χ3v) is 8.20. The van der Waals surface area contributed by atoms with Gasteiger partial charge >= 0.3 is 0 Å². The molecule has 0 unspecified atom stereocenters. The monoisotopic (exact) mass is 397 g/mol. The molecule has 0 saturated carbocycles. The minimum atomic E-state index is -3.57. The third kappa shape index (κ3) is 3.53. The lowest BCUT2D eigenvalue weighted by Crippen LogP contribution is -2.44. The topological polar surface area (TPSA) is 53.1 Å². The van der Waals surface area contributed by atoms with Crippen molar-refractivity contribution in [3.63, 3.8) is 0 Å². The Kier molecular flexibility index (Phi) is 5.28. The Morgan fingerprint density at radius 2 is 1.89 bits per heavy atom. The second kappa shape index (κ2) is 7.40. The summed E-state index contributed by atoms with van der Waals surface area (Å²) in [5, 5.41) is 0. The smallest absolute Gasteiger partial charge is 0.282 e. The highest BCUT2D eigenvalue weighted by atomic mass is 32.2. The van der Waals surface area contributed by atoms with Gasteiger partial charge in [0.2, 0.25) is 0 Å². The molecule has 0 aliphatic carbocycles. The first-order valence-electron chi connectivity index (χ1n) is 9.64. The van der Waals surface area contributed by atoms with E-state index in [1.807, 2.05) is 6.07 Å². The van der Waals surface area contributed by atoms with E-state index in [1.165, 1.54) is 16.4 Å². The summed E-state index contributed by atoms with van der Waals surface area (Å²) in [6.07, 6.45) is 2.06. The zero-order chi connectivity index (χ0) is 19.2. The van der Waals surface area contributed by atoms with Crippen LogP contribution >= 0.6 is 0 Å². The molecule has 150 valence electrons. The molecule has 3 atom stereocenters. The van der Waals surface area contributed by atoms with E-state index in [0.29, 0.717) is 12.6 Å². The number of nitrogens with zero attached hydrogens (tertiary/aromatic N) is 3. The summed E-state index contributed by atoms with van der Waals surface area (Å²) < 4.78 is 48.1. The van der Waals surface area contributed by atoms with Crippen LogP contribution in [0.15, 0.2) is 24.3 Å². The second-order valence-electron chi connectivity index (χ2n) is 8.08. The van der Waals surface area contributed by atoms with Gasteiger partial charge in [-0.05, 0) is 42.4 Å². The summed E-state index contributed by atoms with van der Waals surface area (Å²) in [6.45, 7) is 3.85. The molecule has 3 saturated heterocycles. The van der Waals surface area contributed by atoms with Gasteiger partial charge < -0.3 is 4.74 Å². The van der Waals surface area contributed by atoms with E-state index in [9.17, 15) is 12.8 Å². The summed E-state index contributed by atoms with van der Waals surface area (Å²) in [4.78, 5) is 2.50. The van der Waals surface area contributed by atoms with Crippen molar-refractivity contribution < 1.29 is 17.5 Å². The molecule has 6 nitrogen and oxygen atoms in total. The predicted molar refractivity (Wildman–Crippen MR) is 101 cm³/mol. The van der Waals surface area contributed by atoms with Crippen molar-refractivity contribution >= 4 is 10.2 Å². The summed E-state index contributed by atoms with van der Waals surface area (Å²) in [5.74, 6) is 0.137. The lowest BCUT2D eigenvalue weighted by Gasteiger charge is -2.34. The van der Waals surface area contributed by atoms with Gasteiger partial charge in [-0.3, -0.25) is 4.90 Å². The van der Waals surface area contributed by atoms with Gasteiger partial charge in [0.15, 0.2) is 0 Å². The molecule has 4 rings (SSSR count). The first kappa shape index (κ1) is 19.3. The fourth-order valence-corrected chi connectivity index (χ4v) is 6.30. The number of ether oxygens (including phenoxy) is 1. The van der Waals surface area contributed by atoms with Gasteiger partial charge in [0.1, 0.15) is 5.82 Å². The number of hydrogen-bond acceptors (Lipinski definition) is 4. The third-order valence-electron chi connectivity index (χ3n) is 6.31. The van der Waals surface area contributed by atoms with Crippen molar-refractivity contribution in [1.29, 1.82) is 0 Å². The lowest BCUT2D eigenvalue weighted by atomic mass is 9.90. The second-order valence-corrected chi connectivity index (χ2v) is 10.2. The average molecular weight is 398 g/mol. The van der Waals surface area contributed by atoms with E-state index < -0.39 is 10.2 Å². The Morgan fingerprint density at radius 3 is 2.56 bits per heavy atom. The fourth-order valence-electron chi connectivity index (χ4n) is 4.94. The van der Waals surface area contributed by atoms with Crippen LogP contribution in [0.1, 0.15) is 24.4 Å². The summed E-state index contributed by atoms with van der Waals surface area (Å²) >= 11 is 0. The molecule has 0 aromatic heterocycles. The number of halogens is 1. The Balaban J connectivity index is 1.64. The van der Waals surface area contributed by atoms with Crippen molar-refractivity contribution in [2.45, 2.75) is 24.9 Å². The number of hydrogen-bond donors (Lipinski definition) is 0. The summed E-state index contributed by atoms with van der Waals surface area (Å²) in [7, 11) is -0.454. The van der Waals surface area contributed by atoms with Crippen LogP contribution in [0.4, 0.5) is 4.39 Å². The molecule has 3 fully saturated rings. The van der Waals surface area contributed by atoms with Crippen LogP contribution in [0.2, 0.25) is 0 Å². The zero-order valence-electron chi connectivity index (χ0n) is 15.9. The number of fused-ring (bicyclic) bond motifs is 1. The van der Waals surface area contributed by atoms with Gasteiger partial charge in [0.25, 0.3) is 10.2 Å². The number of benzene rings is 1. The Morgan fingerprint density at radius 1 is 1.15 bits per heavy atom. The Bertz CT molecular complexity index is 782. The van der Waals surface area contributed by atoms with Crippen molar-refractivity contribution in [1.82, 2.24) is 13.5 Å². The molecule has 27 heavy (non-hydrogen) atoms. The molecule has 3 aliphatic heterocycles. The van der Waals surface area contributed by atoms with Crippen LogP contribution in [0.3, 0.4) is 0 Å². The van der Waals surface area contributed by atoms with E-state index in [0.717, 1.165) is 44.7 Å². The molecular weight excluding hydrogens is 369 g/mol. The molecule has 1 aromatic rings. The van der Waals surface area contributed by atoms with Crippen LogP contribution < -0.4 is 0 Å². The standard InChI is InChI=1S/C19H28FN3O3S/c1-21(2)27(24,25)23-12-15-11-22(17-6-8-26-9-7-17)13-18(15)19(23)14-4-3-5-16(20)10-14/h3-5,10,15,17-19H,6-9,11-13H2,1-2H3/t15-,18-,19+/m0/s1. The normalized spacial score (nSPS) is 30.9. The van der Waals surface area contributed by atoms with Crippen molar-refractivity contribution in [3.05, 3.63) is 35.6 Å². The van der Waals surface area contributed by atoms with E-state index in [1.54, 1.807) is 24.5 Å². The van der Waals surface area contributed by atoms with Crippen LogP contribution in [-0.4, -0.2) is 74.9 Å². The largest absolute Gasteiger partial charge is 0.381 e. The molecule has 0 amide bonds. The van der Waals surface area contributed by atoms with Gasteiger partial charge in [-0.1, -0.05) is 12.1 Å². The maximum absolute atomic E-state index is 13.9. The van der Waals surface area contributed by atoms with E-state index >= 15 is 0 Å². The molecule has 3 heterocycles. The van der Waals surface area contributed by atoms with Crippen molar-refractivity contribution in [3.8, 4) is 0 Å². The van der Waals surface area contributed by atoms with Crippen LogP contribution in [0.25, 0.3) is 0 Å². The minimum absolute atomic E-state index is 0.185. The maximum Gasteiger partial charge on any atom is 0.282 e. The first-order chi connectivity index (χ1) is 12.9. The van der Waals surface area contributed by atoms with Crippen LogP contribution in [0, 0.1) is 17.7 Å². The number of likely N-dealkylation sites (tertiary alicyclic amines) is 1. The summed E-state index contributed by atoms with van der Waals surface area (Å²) in [5.41, 5.74) is 0.752. The molecular formula is C19H28FN3O3S. The SMILES string of the molecule is CN(C)S(=O)(=O)N1C[C@@H]2CN(C3CCOCC3)C[C@@H]2[C@H]1c1cccc(F)c1. The van der Waals surface area contributed by atoms with Gasteiger partial charge in [-0.2, -0.15) is 17.0 Å². The van der Waals surface area contributed by atoms with Gasteiger partial charge in [-0.15, -0.1) is 0 Å². The molecule has 0 bridgehead atoms. The summed E-state index contributed by atoms with van der Waals surface area (Å²) in [6, 6.07) is 6.61. The van der Waals surface area contributed by atoms with Gasteiger partial charge in [0.05, 0.1) is 6.04 Å². The van der Waals surface area contributed by atoms with E-state index in [2.05, 4.69) is 4.90 Å². The van der Waals surface area contributed by atoms with Crippen LogP contribution in [-0.2, 0) is 14.9 Å². The maximum atomic E-state index is 13.9. The highest BCUT2D eigenvalue weighted by Gasteiger charge is 2.52. The van der Waals surface area contributed by atoms with Crippen LogP contribution in [0.5, 0.6) is 0 Å². The van der Waals surface area contributed by atoms with Gasteiger partial charge in [-0.25, -0.2) is 4.39 Å². The van der Waals surface area contributed by atoms with E-state index in [-0.39, 0.29) is 23.7 Å². The molecule has 1 aromatic carbocycles. The van der Waals surface area contributed by atoms with Crippen molar-refractivity contribution in [2.24, 2.45) is 11.8 Å². The first-order valence-corrected chi connectivity index (χ1v) is 11.0. The molecule has 0 spiro atoms. The quantitative estimate of drug-likeness (QED) is 0.776. The molecule has 8 heteroatoms. The highest BCUT2D eigenvalue weighted by Crippen LogP contribution is 2.47. The Labute approximate surface area is 161 Å². The Hall–Kier alpha value is -1.06.